The lowest BCUT2D eigenvalue weighted by Crippen LogP contribution is -2.39. The Kier molecular flexibility index (Phi) is 8.07. The summed E-state index contributed by atoms with van der Waals surface area (Å²) >= 11 is 0. The van der Waals surface area contributed by atoms with E-state index in [1.54, 1.807) is 12.5 Å². The summed E-state index contributed by atoms with van der Waals surface area (Å²) in [6.45, 7) is 0. The highest BCUT2D eigenvalue weighted by atomic mass is 16.4. The fourth-order valence-electron chi connectivity index (χ4n) is 2.59. The lowest BCUT2D eigenvalue weighted by molar-refractivity contribution is -0.165. The van der Waals surface area contributed by atoms with Crippen LogP contribution in [0.3, 0.4) is 0 Å². The molecule has 0 aliphatic rings. The molecule has 0 amide bonds. The number of hydrogen-bond acceptors (Lipinski definition) is 7. The van der Waals surface area contributed by atoms with E-state index in [0.717, 1.165) is 28.0 Å². The number of aromatic nitrogens is 4. The second-order valence-corrected chi connectivity index (χ2v) is 6.34. The molecule has 0 saturated carbocycles. The molecule has 6 N–H and O–H groups in total. The van der Waals surface area contributed by atoms with E-state index in [1.807, 2.05) is 59.4 Å². The smallest absolute Gasteiger partial charge is 0.335 e. The van der Waals surface area contributed by atoms with Crippen molar-refractivity contribution in [2.75, 3.05) is 0 Å². The second kappa shape index (κ2) is 10.7. The van der Waals surface area contributed by atoms with Crippen LogP contribution in [0.15, 0.2) is 73.4 Å². The lowest BCUT2D eigenvalue weighted by atomic mass is 10.2. The summed E-state index contributed by atoms with van der Waals surface area (Å²) in [6.07, 6.45) is 2.79. The second-order valence-electron chi connectivity index (χ2n) is 6.34. The molecular weight excluding hydrogens is 420 g/mol. The number of aliphatic hydroxyl groups excluding tert-OH is 2. The summed E-state index contributed by atoms with van der Waals surface area (Å²) in [5.41, 5.74) is 3.02. The van der Waals surface area contributed by atoms with Gasteiger partial charge in [0, 0.05) is 35.2 Å². The van der Waals surface area contributed by atoms with E-state index in [4.69, 9.17) is 20.4 Å². The number of fused-ring (bicyclic) bond motifs is 1. The van der Waals surface area contributed by atoms with Crippen LogP contribution in [0.4, 0.5) is 0 Å². The van der Waals surface area contributed by atoms with Crippen molar-refractivity contribution in [3.8, 4) is 17.1 Å². The Hall–Kier alpha value is -4.19. The average molecular weight is 440 g/mol. The van der Waals surface area contributed by atoms with Crippen LogP contribution in [-0.4, -0.2) is 69.6 Å². The number of carboxylic acid groups (broad SMARTS) is 2. The van der Waals surface area contributed by atoms with Crippen LogP contribution in [-0.2, 0) is 9.59 Å². The van der Waals surface area contributed by atoms with Crippen LogP contribution < -0.4 is 0 Å². The molecule has 2 aromatic heterocycles. The fraction of sp³-hybridized carbons (Fsp3) is 0.0952. The van der Waals surface area contributed by atoms with Crippen molar-refractivity contribution in [2.45, 2.75) is 12.2 Å². The van der Waals surface area contributed by atoms with Gasteiger partial charge in [-0.05, 0) is 18.2 Å². The average Bonchev–Trinajstić information content (AvgIpc) is 3.33. The standard InChI is InChI=1S/C17H12N4.C4H6O6.H2O/c1-2-4-13(5-3-1)17-19-11-14-10-15(6-7-16(14)20-17)21-9-8-18-12-21;5-1(3(7)8)2(6)4(9)10;/h1-12H;1-2,5-6H,(H,7,8)(H,9,10);1H2/t;1-,2-;/m.1./s1. The fourth-order valence-corrected chi connectivity index (χ4v) is 2.59. The van der Waals surface area contributed by atoms with Crippen molar-refractivity contribution in [1.82, 2.24) is 19.5 Å². The Labute approximate surface area is 181 Å². The largest absolute Gasteiger partial charge is 0.479 e. The van der Waals surface area contributed by atoms with Crippen LogP contribution in [0.5, 0.6) is 0 Å². The third kappa shape index (κ3) is 5.70. The van der Waals surface area contributed by atoms with Crippen LogP contribution in [0.2, 0.25) is 0 Å². The first-order chi connectivity index (χ1) is 14.9. The Morgan fingerprint density at radius 2 is 1.59 bits per heavy atom. The highest BCUT2D eigenvalue weighted by molar-refractivity contribution is 5.83. The molecule has 4 aromatic rings. The minimum Gasteiger partial charge on any atom is -0.479 e. The topological polar surface area (TPSA) is 190 Å². The molecule has 11 nitrogen and oxygen atoms in total. The maximum absolute atomic E-state index is 9.77. The van der Waals surface area contributed by atoms with E-state index < -0.39 is 24.1 Å². The molecule has 0 saturated heterocycles. The normalized spacial score (nSPS) is 12.1. The van der Waals surface area contributed by atoms with E-state index in [9.17, 15) is 9.59 Å². The molecule has 0 unspecified atom stereocenters. The minimum atomic E-state index is -2.27. The first-order valence-corrected chi connectivity index (χ1v) is 8.99. The summed E-state index contributed by atoms with van der Waals surface area (Å²) < 4.78 is 1.96. The van der Waals surface area contributed by atoms with Gasteiger partial charge in [-0.25, -0.2) is 24.5 Å². The third-order valence-corrected chi connectivity index (χ3v) is 4.20. The number of aliphatic hydroxyl groups is 2. The highest BCUT2D eigenvalue weighted by Gasteiger charge is 2.29. The number of nitrogens with zero attached hydrogens (tertiary/aromatic N) is 4. The van der Waals surface area contributed by atoms with Gasteiger partial charge in [-0.3, -0.25) is 0 Å². The molecule has 32 heavy (non-hydrogen) atoms. The summed E-state index contributed by atoms with van der Waals surface area (Å²) in [6, 6.07) is 16.1. The lowest BCUT2D eigenvalue weighted by Gasteiger charge is -2.07. The number of carboxylic acids is 2. The molecule has 11 heteroatoms. The van der Waals surface area contributed by atoms with Crippen LogP contribution >= 0.6 is 0 Å². The maximum atomic E-state index is 9.77. The predicted molar refractivity (Wildman–Crippen MR) is 113 cm³/mol. The van der Waals surface area contributed by atoms with Crippen molar-refractivity contribution >= 4 is 22.8 Å². The molecular formula is C21H20N4O7. The molecule has 0 bridgehead atoms. The molecule has 2 heterocycles. The zero-order valence-electron chi connectivity index (χ0n) is 16.5. The van der Waals surface area contributed by atoms with Gasteiger partial charge in [0.25, 0.3) is 0 Å². The van der Waals surface area contributed by atoms with Gasteiger partial charge in [0.05, 0.1) is 11.8 Å². The molecule has 2 aromatic carbocycles. The van der Waals surface area contributed by atoms with E-state index in [0.29, 0.717) is 0 Å². The van der Waals surface area contributed by atoms with Crippen molar-refractivity contribution in [3.63, 3.8) is 0 Å². The molecule has 166 valence electrons. The van der Waals surface area contributed by atoms with E-state index in [-0.39, 0.29) is 5.48 Å². The predicted octanol–water partition coefficient (Wildman–Crippen LogP) is 0.535. The number of carbonyl (C=O) groups is 2. The molecule has 0 radical (unpaired) electrons. The zero-order chi connectivity index (χ0) is 22.4. The summed E-state index contributed by atoms with van der Waals surface area (Å²) in [5.74, 6) is -2.79. The van der Waals surface area contributed by atoms with E-state index in [2.05, 4.69) is 21.0 Å². The minimum absolute atomic E-state index is 0. The monoisotopic (exact) mass is 440 g/mol. The first kappa shape index (κ1) is 24.1. The number of hydrogen-bond donors (Lipinski definition) is 4. The molecule has 4 rings (SSSR count). The van der Waals surface area contributed by atoms with Gasteiger partial charge in [0.2, 0.25) is 0 Å². The van der Waals surface area contributed by atoms with Gasteiger partial charge in [-0.1, -0.05) is 30.3 Å². The Morgan fingerprint density at radius 1 is 0.938 bits per heavy atom. The first-order valence-electron chi connectivity index (χ1n) is 8.99. The number of rotatable bonds is 5. The van der Waals surface area contributed by atoms with Crippen molar-refractivity contribution in [2.24, 2.45) is 0 Å². The molecule has 0 spiro atoms. The van der Waals surface area contributed by atoms with Gasteiger partial charge in [0.1, 0.15) is 0 Å². The maximum Gasteiger partial charge on any atom is 0.335 e. The van der Waals surface area contributed by atoms with Crippen molar-refractivity contribution in [3.05, 3.63) is 73.4 Å². The summed E-state index contributed by atoms with van der Waals surface area (Å²) in [5, 5.41) is 33.5. The van der Waals surface area contributed by atoms with Crippen LogP contribution in [0.25, 0.3) is 28.0 Å². The molecule has 0 fully saturated rings. The van der Waals surface area contributed by atoms with Crippen molar-refractivity contribution in [1.29, 1.82) is 0 Å². The van der Waals surface area contributed by atoms with Gasteiger partial charge >= 0.3 is 11.9 Å². The van der Waals surface area contributed by atoms with E-state index >= 15 is 0 Å². The SMILES string of the molecule is O.O=C(O)[C@H](O)[C@@H](O)C(=O)O.c1ccc(-c2ncc3cc(-n4ccnc4)ccc3n2)cc1. The summed E-state index contributed by atoms with van der Waals surface area (Å²) in [7, 11) is 0. The van der Waals surface area contributed by atoms with Crippen LogP contribution in [0.1, 0.15) is 0 Å². The quantitative estimate of drug-likeness (QED) is 0.343. The zero-order valence-corrected chi connectivity index (χ0v) is 16.5. The summed E-state index contributed by atoms with van der Waals surface area (Å²) in [4.78, 5) is 32.7. The number of aliphatic carboxylic acids is 2. The Balaban J connectivity index is 0.000000285. The van der Waals surface area contributed by atoms with Crippen LogP contribution in [0, 0.1) is 0 Å². The van der Waals surface area contributed by atoms with E-state index in [1.165, 1.54) is 0 Å². The molecule has 0 aliphatic carbocycles. The number of imidazole rings is 1. The molecule has 0 aliphatic heterocycles. The van der Waals surface area contributed by atoms with Gasteiger partial charge in [0.15, 0.2) is 18.0 Å². The van der Waals surface area contributed by atoms with Gasteiger partial charge in [-0.2, -0.15) is 0 Å². The van der Waals surface area contributed by atoms with Gasteiger partial charge in [-0.15, -0.1) is 0 Å². The third-order valence-electron chi connectivity index (χ3n) is 4.20. The number of benzene rings is 2. The van der Waals surface area contributed by atoms with Gasteiger partial charge < -0.3 is 30.5 Å². The Morgan fingerprint density at radius 3 is 2.16 bits per heavy atom. The Bertz CT molecular complexity index is 1170. The molecule has 2 atom stereocenters. The highest BCUT2D eigenvalue weighted by Crippen LogP contribution is 2.20. The van der Waals surface area contributed by atoms with Crippen molar-refractivity contribution < 1.29 is 35.5 Å².